The average Bonchev–Trinajstić information content (AvgIpc) is 3.18. The maximum absolute atomic E-state index is 12.4. The van der Waals surface area contributed by atoms with E-state index >= 15 is 0 Å². The number of hydrogen-bond donors (Lipinski definition) is 2. The number of H-pyrrole nitrogens is 1. The van der Waals surface area contributed by atoms with Crippen molar-refractivity contribution in [1.82, 2.24) is 15.1 Å². The van der Waals surface area contributed by atoms with Crippen LogP contribution in [-0.4, -0.2) is 52.8 Å². The number of nitrogens with zero attached hydrogens (tertiary/aromatic N) is 2. The van der Waals surface area contributed by atoms with E-state index in [2.05, 4.69) is 10.2 Å². The Hall–Kier alpha value is -0.820. The van der Waals surface area contributed by atoms with E-state index in [0.717, 1.165) is 38.8 Å². The van der Waals surface area contributed by atoms with Gasteiger partial charge in [0.05, 0.1) is 12.3 Å². The minimum Gasteiger partial charge on any atom is -0.364 e. The maximum atomic E-state index is 12.4. The third-order valence-corrected chi connectivity index (χ3v) is 4.44. The van der Waals surface area contributed by atoms with Crippen LogP contribution in [0.15, 0.2) is 12.4 Å². The molecule has 0 spiro atoms. The molecule has 0 unspecified atom stereocenters. The SMILES string of the molecule is Cl.Cl.NC[C@H]1CC[C@@H](C(=O)N2CCC(c3cn[nH]c3)CC2)O1. The number of hydrogen-bond acceptors (Lipinski definition) is 4. The van der Waals surface area contributed by atoms with E-state index in [9.17, 15) is 4.79 Å². The Balaban J connectivity index is 0.00000121. The summed E-state index contributed by atoms with van der Waals surface area (Å²) in [4.78, 5) is 14.3. The summed E-state index contributed by atoms with van der Waals surface area (Å²) >= 11 is 0. The lowest BCUT2D eigenvalue weighted by molar-refractivity contribution is -0.143. The standard InChI is InChI=1S/C14H22N4O2.2ClH/c15-7-12-1-2-13(20-12)14(19)18-5-3-10(4-6-18)11-8-16-17-9-11;;/h8-10,12-13H,1-7,15H2,(H,16,17);2*1H/t12-,13+;;/m1../s1. The van der Waals surface area contributed by atoms with Crippen LogP contribution in [0, 0.1) is 0 Å². The molecule has 0 aliphatic carbocycles. The quantitative estimate of drug-likeness (QED) is 0.864. The molecule has 0 radical (unpaired) electrons. The molecule has 0 saturated carbocycles. The van der Waals surface area contributed by atoms with Crippen molar-refractivity contribution >= 4 is 30.7 Å². The van der Waals surface area contributed by atoms with Gasteiger partial charge in [-0.25, -0.2) is 0 Å². The van der Waals surface area contributed by atoms with Crippen LogP contribution in [0.4, 0.5) is 0 Å². The molecule has 0 aromatic carbocycles. The zero-order valence-corrected chi connectivity index (χ0v) is 14.1. The number of aromatic amines is 1. The molecule has 1 aromatic rings. The number of nitrogens with two attached hydrogens (primary N) is 1. The topological polar surface area (TPSA) is 84.2 Å². The summed E-state index contributed by atoms with van der Waals surface area (Å²) in [7, 11) is 0. The van der Waals surface area contributed by atoms with Gasteiger partial charge in [0.25, 0.3) is 5.91 Å². The van der Waals surface area contributed by atoms with Crippen LogP contribution in [-0.2, 0) is 9.53 Å². The molecule has 2 fully saturated rings. The smallest absolute Gasteiger partial charge is 0.251 e. The highest BCUT2D eigenvalue weighted by Gasteiger charge is 2.34. The normalized spacial score (nSPS) is 25.4. The Morgan fingerprint density at radius 3 is 2.59 bits per heavy atom. The van der Waals surface area contributed by atoms with Crippen molar-refractivity contribution in [3.63, 3.8) is 0 Å². The first-order valence-electron chi connectivity index (χ1n) is 7.41. The molecule has 3 heterocycles. The molecule has 6 nitrogen and oxygen atoms in total. The van der Waals surface area contributed by atoms with Gasteiger partial charge in [0.15, 0.2) is 0 Å². The Morgan fingerprint density at radius 2 is 2.05 bits per heavy atom. The van der Waals surface area contributed by atoms with Crippen molar-refractivity contribution < 1.29 is 9.53 Å². The Morgan fingerprint density at radius 1 is 1.32 bits per heavy atom. The summed E-state index contributed by atoms with van der Waals surface area (Å²) in [5.41, 5.74) is 6.84. The minimum atomic E-state index is -0.269. The first-order chi connectivity index (χ1) is 9.78. The van der Waals surface area contributed by atoms with Gasteiger partial charge in [-0.2, -0.15) is 5.10 Å². The Kier molecular flexibility index (Phi) is 7.62. The van der Waals surface area contributed by atoms with Crippen LogP contribution in [0.25, 0.3) is 0 Å². The predicted octanol–water partition coefficient (Wildman–Crippen LogP) is 1.47. The number of likely N-dealkylation sites (tertiary alicyclic amines) is 1. The third kappa shape index (κ3) is 4.13. The average molecular weight is 351 g/mol. The van der Waals surface area contributed by atoms with Gasteiger partial charge < -0.3 is 15.4 Å². The Bertz CT molecular complexity index is 450. The van der Waals surface area contributed by atoms with Crippen molar-refractivity contribution in [3.05, 3.63) is 18.0 Å². The zero-order valence-electron chi connectivity index (χ0n) is 12.4. The van der Waals surface area contributed by atoms with Gasteiger partial charge in [0.1, 0.15) is 6.10 Å². The molecule has 2 saturated heterocycles. The second-order valence-electron chi connectivity index (χ2n) is 5.69. The van der Waals surface area contributed by atoms with E-state index in [1.807, 2.05) is 17.3 Å². The van der Waals surface area contributed by atoms with E-state index in [1.54, 1.807) is 0 Å². The van der Waals surface area contributed by atoms with Crippen LogP contribution in [0.2, 0.25) is 0 Å². The van der Waals surface area contributed by atoms with Crippen LogP contribution < -0.4 is 5.73 Å². The lowest BCUT2D eigenvalue weighted by atomic mass is 9.91. The van der Waals surface area contributed by atoms with Crippen molar-refractivity contribution in [2.75, 3.05) is 19.6 Å². The highest BCUT2D eigenvalue weighted by molar-refractivity contribution is 5.85. The van der Waals surface area contributed by atoms with Gasteiger partial charge >= 0.3 is 0 Å². The van der Waals surface area contributed by atoms with Crippen molar-refractivity contribution in [2.24, 2.45) is 5.73 Å². The number of rotatable bonds is 3. The molecule has 1 aromatic heterocycles. The van der Waals surface area contributed by atoms with Gasteiger partial charge in [0, 0.05) is 25.8 Å². The number of piperidine rings is 1. The number of aromatic nitrogens is 2. The summed E-state index contributed by atoms with van der Waals surface area (Å²) in [5.74, 6) is 0.658. The van der Waals surface area contributed by atoms with Crippen molar-refractivity contribution in [1.29, 1.82) is 0 Å². The molecule has 2 aliphatic rings. The van der Waals surface area contributed by atoms with Gasteiger partial charge in [0.2, 0.25) is 0 Å². The number of halogens is 2. The van der Waals surface area contributed by atoms with E-state index in [1.165, 1.54) is 5.56 Å². The molecule has 3 N–H and O–H groups in total. The molecule has 1 amide bonds. The van der Waals surface area contributed by atoms with Crippen LogP contribution in [0.5, 0.6) is 0 Å². The molecule has 8 heteroatoms. The summed E-state index contributed by atoms with van der Waals surface area (Å²) in [6, 6.07) is 0. The van der Waals surface area contributed by atoms with Gasteiger partial charge in [-0.1, -0.05) is 0 Å². The number of carbonyl (C=O) groups excluding carboxylic acids is 1. The van der Waals surface area contributed by atoms with Gasteiger partial charge in [-0.3, -0.25) is 9.89 Å². The molecule has 2 atom stereocenters. The highest BCUT2D eigenvalue weighted by Crippen LogP contribution is 2.29. The number of ether oxygens (including phenoxy) is 1. The fourth-order valence-electron chi connectivity index (χ4n) is 3.18. The second-order valence-corrected chi connectivity index (χ2v) is 5.69. The van der Waals surface area contributed by atoms with Crippen LogP contribution >= 0.6 is 24.8 Å². The highest BCUT2D eigenvalue weighted by atomic mass is 35.5. The van der Waals surface area contributed by atoms with Crippen LogP contribution in [0.1, 0.15) is 37.2 Å². The third-order valence-electron chi connectivity index (χ3n) is 4.44. The molecule has 126 valence electrons. The second kappa shape index (κ2) is 8.72. The summed E-state index contributed by atoms with van der Waals surface area (Å²) in [6.07, 6.45) is 7.33. The lowest BCUT2D eigenvalue weighted by Gasteiger charge is -2.33. The minimum absolute atomic E-state index is 0. The molecular weight excluding hydrogens is 327 g/mol. The number of nitrogens with one attached hydrogen (secondary N) is 1. The predicted molar refractivity (Wildman–Crippen MR) is 88.6 cm³/mol. The molecular formula is C14H24Cl2N4O2. The Labute approximate surface area is 143 Å². The maximum Gasteiger partial charge on any atom is 0.251 e. The monoisotopic (exact) mass is 350 g/mol. The van der Waals surface area contributed by atoms with Gasteiger partial charge in [-0.05, 0) is 37.2 Å². The summed E-state index contributed by atoms with van der Waals surface area (Å²) in [5, 5.41) is 6.85. The number of amides is 1. The molecule has 2 aliphatic heterocycles. The van der Waals surface area contributed by atoms with Crippen molar-refractivity contribution in [3.8, 4) is 0 Å². The summed E-state index contributed by atoms with van der Waals surface area (Å²) in [6.45, 7) is 2.12. The fraction of sp³-hybridized carbons (Fsp3) is 0.714. The van der Waals surface area contributed by atoms with Crippen LogP contribution in [0.3, 0.4) is 0 Å². The molecule has 3 rings (SSSR count). The number of carbonyl (C=O) groups is 1. The van der Waals surface area contributed by atoms with E-state index in [4.69, 9.17) is 10.5 Å². The molecule has 22 heavy (non-hydrogen) atoms. The lowest BCUT2D eigenvalue weighted by Crippen LogP contribution is -2.43. The first kappa shape index (κ1) is 19.2. The van der Waals surface area contributed by atoms with E-state index < -0.39 is 0 Å². The van der Waals surface area contributed by atoms with Crippen molar-refractivity contribution in [2.45, 2.75) is 43.8 Å². The summed E-state index contributed by atoms with van der Waals surface area (Å²) < 4.78 is 5.69. The van der Waals surface area contributed by atoms with Gasteiger partial charge in [-0.15, -0.1) is 24.8 Å². The van der Waals surface area contributed by atoms with E-state index in [0.29, 0.717) is 12.5 Å². The fourth-order valence-corrected chi connectivity index (χ4v) is 3.18. The first-order valence-corrected chi connectivity index (χ1v) is 7.41. The largest absolute Gasteiger partial charge is 0.364 e. The molecule has 0 bridgehead atoms. The van der Waals surface area contributed by atoms with E-state index in [-0.39, 0.29) is 42.9 Å². The zero-order chi connectivity index (χ0) is 13.9.